The molecule has 0 saturated carbocycles. The average Bonchev–Trinajstić information content (AvgIpc) is 3.64. The van der Waals surface area contributed by atoms with E-state index in [0.717, 1.165) is 91.4 Å². The summed E-state index contributed by atoms with van der Waals surface area (Å²) in [4.78, 5) is 22.6. The summed E-state index contributed by atoms with van der Waals surface area (Å²) < 4.78 is 29.7. The molecular weight excluding hydrogens is 693 g/mol. The lowest BCUT2D eigenvalue weighted by Gasteiger charge is -2.32. The smallest absolute Gasteiger partial charge is 0.213 e. The number of piperidine rings is 1. The van der Waals surface area contributed by atoms with Crippen LogP contribution in [-0.4, -0.2) is 67.8 Å². The van der Waals surface area contributed by atoms with E-state index >= 15 is 0 Å². The molecule has 2 saturated heterocycles. The van der Waals surface area contributed by atoms with Crippen LogP contribution in [-0.2, 0) is 36.3 Å². The van der Waals surface area contributed by atoms with Crippen molar-refractivity contribution in [2.24, 2.45) is 7.05 Å². The number of nitrogens with zero attached hydrogens (tertiary/aromatic N) is 6. The van der Waals surface area contributed by atoms with Gasteiger partial charge in [-0.25, -0.2) is 14.4 Å². The van der Waals surface area contributed by atoms with Gasteiger partial charge in [0, 0.05) is 54.4 Å². The van der Waals surface area contributed by atoms with Crippen molar-refractivity contribution >= 4 is 45.6 Å². The number of hydrogen-bond acceptors (Lipinski definition) is 7. The Kier molecular flexibility index (Phi) is 12.7. The number of aromatic nitrogens is 5. The van der Waals surface area contributed by atoms with Gasteiger partial charge in [-0.05, 0) is 94.2 Å². The lowest BCUT2D eigenvalue weighted by Crippen LogP contribution is -2.35. The van der Waals surface area contributed by atoms with E-state index in [4.69, 9.17) is 19.4 Å². The van der Waals surface area contributed by atoms with Crippen molar-refractivity contribution in [3.05, 3.63) is 113 Å². The van der Waals surface area contributed by atoms with Crippen molar-refractivity contribution in [3.8, 4) is 5.88 Å². The Morgan fingerprint density at radius 1 is 0.962 bits per heavy atom. The molecule has 2 fully saturated rings. The van der Waals surface area contributed by atoms with Crippen molar-refractivity contribution in [3.63, 3.8) is 0 Å². The molecule has 3 aromatic carbocycles. The lowest BCUT2D eigenvalue weighted by molar-refractivity contribution is -0.105. The number of ether oxygens (including phenoxy) is 2. The largest absolute Gasteiger partial charge is 0.473 e. The van der Waals surface area contributed by atoms with Crippen LogP contribution in [0.15, 0.2) is 78.9 Å². The molecule has 0 spiro atoms. The summed E-state index contributed by atoms with van der Waals surface area (Å²) in [6, 6.07) is 24.9. The zero-order chi connectivity index (χ0) is 37.3. The molecule has 2 aliphatic rings. The number of fused-ring (bicyclic) bond motifs is 2. The highest BCUT2D eigenvalue weighted by molar-refractivity contribution is 6.15. The van der Waals surface area contributed by atoms with Crippen LogP contribution in [0.5, 0.6) is 5.88 Å². The molecule has 1 atom stereocenters. The van der Waals surface area contributed by atoms with E-state index in [2.05, 4.69) is 62.7 Å². The number of amides is 1. The van der Waals surface area contributed by atoms with Gasteiger partial charge in [0.2, 0.25) is 12.3 Å². The maximum absolute atomic E-state index is 13.9. The van der Waals surface area contributed by atoms with Gasteiger partial charge in [0.1, 0.15) is 18.2 Å². The molecule has 2 aliphatic heterocycles. The first-order valence-corrected chi connectivity index (χ1v) is 18.7. The Balaban J connectivity index is 0.000000251. The van der Waals surface area contributed by atoms with E-state index in [1.807, 2.05) is 55.1 Å². The van der Waals surface area contributed by atoms with Crippen LogP contribution < -0.4 is 10.1 Å². The van der Waals surface area contributed by atoms with E-state index in [1.165, 1.54) is 23.5 Å². The number of anilines is 1. The van der Waals surface area contributed by atoms with Crippen LogP contribution in [0.3, 0.4) is 0 Å². The Bertz CT molecular complexity index is 2140. The minimum absolute atomic E-state index is 0.175. The fourth-order valence-electron chi connectivity index (χ4n) is 6.94. The third-order valence-corrected chi connectivity index (χ3v) is 9.87. The molecule has 1 N–H and O–H groups in total. The molecule has 53 heavy (non-hydrogen) atoms. The standard InChI is InChI=1S/C30H33FN4O2.C10H11N3O.CH3Cl/c1-21-9-10-28-27(17-21)32-29(35(28)18-24-13-16-36-24)19-34-14-11-22(12-15-34)26-7-4-8-30(33-26)37-20-23-5-2-3-6-25(23)31;1-7-9-5-8(11-6-14)3-4-10(9)13(2)12-7;1-2/h2-10,17,22,24H,11-16,18-20H2,1H3;3-6H,1-2H3,(H,11,14);1H3. The molecule has 8 rings (SSSR count). The summed E-state index contributed by atoms with van der Waals surface area (Å²) >= 11 is 4.64. The number of benzene rings is 3. The van der Waals surface area contributed by atoms with Gasteiger partial charge in [-0.2, -0.15) is 5.10 Å². The second kappa shape index (κ2) is 17.8. The highest BCUT2D eigenvalue weighted by Gasteiger charge is 2.26. The first kappa shape index (κ1) is 37.9. The number of likely N-dealkylation sites (tertiary alicyclic amines) is 1. The van der Waals surface area contributed by atoms with Gasteiger partial charge in [0.15, 0.2) is 0 Å². The molecule has 1 unspecified atom stereocenters. The van der Waals surface area contributed by atoms with E-state index in [9.17, 15) is 9.18 Å². The summed E-state index contributed by atoms with van der Waals surface area (Å²) in [6.07, 6.45) is 5.63. The van der Waals surface area contributed by atoms with Gasteiger partial charge in [-0.1, -0.05) is 30.3 Å². The summed E-state index contributed by atoms with van der Waals surface area (Å²) in [5.41, 5.74) is 7.92. The number of alkyl halides is 1. The number of nitrogens with one attached hydrogen (secondary N) is 1. The topological polar surface area (TPSA) is 99.3 Å². The molecular formula is C41H47ClFN7O3. The highest BCUT2D eigenvalue weighted by atomic mass is 35.5. The molecule has 5 heterocycles. The lowest BCUT2D eigenvalue weighted by atomic mass is 9.93. The monoisotopic (exact) mass is 739 g/mol. The van der Waals surface area contributed by atoms with Crippen LogP contribution >= 0.6 is 11.6 Å². The van der Waals surface area contributed by atoms with Gasteiger partial charge in [-0.15, -0.1) is 11.6 Å². The Morgan fingerprint density at radius 2 is 1.74 bits per heavy atom. The molecule has 3 aromatic heterocycles. The zero-order valence-electron chi connectivity index (χ0n) is 30.8. The zero-order valence-corrected chi connectivity index (χ0v) is 31.5. The summed E-state index contributed by atoms with van der Waals surface area (Å²) in [5, 5.41) is 7.98. The number of rotatable bonds is 10. The number of imidazole rings is 1. The van der Waals surface area contributed by atoms with Crippen molar-refractivity contribution in [2.75, 3.05) is 31.4 Å². The second-order valence-corrected chi connectivity index (χ2v) is 13.4. The van der Waals surface area contributed by atoms with Crippen molar-refractivity contribution in [1.29, 1.82) is 0 Å². The number of hydrogen-bond donors (Lipinski definition) is 1. The number of carbonyl (C=O) groups is 1. The normalized spacial score (nSPS) is 15.9. The third-order valence-electron chi connectivity index (χ3n) is 9.87. The molecule has 0 aliphatic carbocycles. The van der Waals surface area contributed by atoms with Gasteiger partial charge >= 0.3 is 0 Å². The van der Waals surface area contributed by atoms with E-state index < -0.39 is 0 Å². The second-order valence-electron chi connectivity index (χ2n) is 13.4. The molecule has 10 nitrogen and oxygen atoms in total. The predicted octanol–water partition coefficient (Wildman–Crippen LogP) is 7.93. The Morgan fingerprint density at radius 3 is 2.47 bits per heavy atom. The first-order chi connectivity index (χ1) is 25.8. The van der Waals surface area contributed by atoms with Crippen LogP contribution in [0.2, 0.25) is 0 Å². The van der Waals surface area contributed by atoms with Gasteiger partial charge in [0.05, 0.1) is 41.4 Å². The van der Waals surface area contributed by atoms with Crippen molar-refractivity contribution in [2.45, 2.75) is 64.8 Å². The Labute approximate surface area is 314 Å². The van der Waals surface area contributed by atoms with Crippen molar-refractivity contribution in [1.82, 2.24) is 29.2 Å². The molecule has 12 heteroatoms. The van der Waals surface area contributed by atoms with Crippen LogP contribution in [0.1, 0.15) is 53.5 Å². The SMILES string of the molecule is CCl.Cc1ccc2c(c1)nc(CN1CCC(c3cccc(OCc4ccccc4F)n3)CC1)n2CC1CCO1.Cc1nn(C)c2ccc(NC=O)cc12. The highest BCUT2D eigenvalue weighted by Crippen LogP contribution is 2.30. The average molecular weight is 740 g/mol. The fraction of sp³-hybridized carbons (Fsp3) is 0.366. The van der Waals surface area contributed by atoms with E-state index in [-0.39, 0.29) is 12.4 Å². The van der Waals surface area contributed by atoms with Gasteiger partial charge < -0.3 is 19.4 Å². The quantitative estimate of drug-likeness (QED) is 0.113. The van der Waals surface area contributed by atoms with Crippen LogP contribution in [0.4, 0.5) is 10.1 Å². The molecule has 278 valence electrons. The fourth-order valence-corrected chi connectivity index (χ4v) is 6.94. The predicted molar refractivity (Wildman–Crippen MR) is 208 cm³/mol. The number of aryl methyl sites for hydroxylation is 3. The molecule has 0 radical (unpaired) electrons. The summed E-state index contributed by atoms with van der Waals surface area (Å²) in [7, 11) is 1.90. The third kappa shape index (κ3) is 9.22. The first-order valence-electron chi connectivity index (χ1n) is 18.0. The van der Waals surface area contributed by atoms with Crippen LogP contribution in [0, 0.1) is 19.7 Å². The minimum atomic E-state index is -0.255. The molecule has 1 amide bonds. The van der Waals surface area contributed by atoms with E-state index in [1.54, 1.807) is 12.1 Å². The van der Waals surface area contributed by atoms with Crippen molar-refractivity contribution < 1.29 is 18.7 Å². The van der Waals surface area contributed by atoms with Gasteiger partial charge in [0.25, 0.3) is 0 Å². The Hall–Kier alpha value is -4.84. The minimum Gasteiger partial charge on any atom is -0.473 e. The number of pyridine rings is 1. The maximum atomic E-state index is 13.9. The maximum Gasteiger partial charge on any atom is 0.213 e. The summed E-state index contributed by atoms with van der Waals surface area (Å²) in [6.45, 7) is 8.81. The summed E-state index contributed by atoms with van der Waals surface area (Å²) in [5.74, 6) is 1.80. The molecule has 6 aromatic rings. The van der Waals surface area contributed by atoms with Gasteiger partial charge in [-0.3, -0.25) is 14.4 Å². The number of carbonyl (C=O) groups excluding carboxylic acids is 1. The van der Waals surface area contributed by atoms with E-state index in [0.29, 0.717) is 29.9 Å². The molecule has 0 bridgehead atoms. The number of halogens is 2. The van der Waals surface area contributed by atoms with Crippen LogP contribution in [0.25, 0.3) is 21.9 Å².